The quantitative estimate of drug-likeness (QED) is 0.720. The molecular formula is C20H25F3N2O2. The molecule has 7 heteroatoms. The highest BCUT2D eigenvalue weighted by atomic mass is 19.4. The summed E-state index contributed by atoms with van der Waals surface area (Å²) < 4.78 is 37.7. The zero-order valence-electron chi connectivity index (χ0n) is 15.4. The van der Waals surface area contributed by atoms with Gasteiger partial charge in [-0.25, -0.2) is 0 Å². The molecule has 4 nitrogen and oxygen atoms in total. The lowest BCUT2D eigenvalue weighted by Crippen LogP contribution is -2.38. The molecule has 0 fully saturated rings. The number of amides is 2. The SMILES string of the molecule is CC(=O)N(CCNC(=O)c1ccc(C(F)(F)F)cc1)CCC1=CCCCC1. The van der Waals surface area contributed by atoms with Crippen LogP contribution in [0.15, 0.2) is 35.9 Å². The third kappa shape index (κ3) is 6.73. The largest absolute Gasteiger partial charge is 0.416 e. The maximum absolute atomic E-state index is 12.6. The second-order valence-electron chi connectivity index (χ2n) is 6.70. The first-order valence-corrected chi connectivity index (χ1v) is 9.16. The van der Waals surface area contributed by atoms with E-state index in [2.05, 4.69) is 11.4 Å². The molecule has 0 aliphatic heterocycles. The van der Waals surface area contributed by atoms with Gasteiger partial charge in [0.05, 0.1) is 5.56 Å². The number of hydrogen-bond donors (Lipinski definition) is 1. The number of nitrogens with one attached hydrogen (secondary N) is 1. The summed E-state index contributed by atoms with van der Waals surface area (Å²) >= 11 is 0. The molecule has 1 N–H and O–H groups in total. The van der Waals surface area contributed by atoms with Crippen molar-refractivity contribution in [3.8, 4) is 0 Å². The van der Waals surface area contributed by atoms with Crippen LogP contribution in [0.5, 0.6) is 0 Å². The molecule has 148 valence electrons. The normalized spacial score (nSPS) is 14.4. The van der Waals surface area contributed by atoms with Crippen LogP contribution in [-0.2, 0) is 11.0 Å². The summed E-state index contributed by atoms with van der Waals surface area (Å²) in [5, 5.41) is 2.65. The van der Waals surface area contributed by atoms with Crippen molar-refractivity contribution in [1.29, 1.82) is 0 Å². The Morgan fingerprint density at radius 2 is 1.81 bits per heavy atom. The Bertz CT molecular complexity index is 681. The van der Waals surface area contributed by atoms with Crippen LogP contribution in [0.3, 0.4) is 0 Å². The number of halogens is 3. The zero-order chi connectivity index (χ0) is 19.9. The van der Waals surface area contributed by atoms with Crippen LogP contribution < -0.4 is 5.32 Å². The standard InChI is InChI=1S/C20H25F3N2O2/c1-15(26)25(13-11-16-5-3-2-4-6-16)14-12-24-19(27)17-7-9-18(10-8-17)20(21,22)23/h5,7-10H,2-4,6,11-14H2,1H3,(H,24,27). The van der Waals surface area contributed by atoms with Gasteiger partial charge in [0.15, 0.2) is 0 Å². The van der Waals surface area contributed by atoms with E-state index in [-0.39, 0.29) is 18.0 Å². The maximum Gasteiger partial charge on any atom is 0.416 e. The van der Waals surface area contributed by atoms with Gasteiger partial charge < -0.3 is 10.2 Å². The van der Waals surface area contributed by atoms with Crippen molar-refractivity contribution >= 4 is 11.8 Å². The van der Waals surface area contributed by atoms with Gasteiger partial charge in [-0.3, -0.25) is 9.59 Å². The maximum atomic E-state index is 12.6. The Labute approximate surface area is 157 Å². The molecule has 0 aromatic heterocycles. The lowest BCUT2D eigenvalue weighted by molar-refractivity contribution is -0.137. The molecule has 27 heavy (non-hydrogen) atoms. The van der Waals surface area contributed by atoms with Gasteiger partial charge in [0, 0.05) is 32.1 Å². The van der Waals surface area contributed by atoms with Crippen molar-refractivity contribution in [1.82, 2.24) is 10.2 Å². The third-order valence-corrected chi connectivity index (χ3v) is 4.67. The van der Waals surface area contributed by atoms with Crippen molar-refractivity contribution in [2.24, 2.45) is 0 Å². The van der Waals surface area contributed by atoms with Gasteiger partial charge in [-0.05, 0) is 56.4 Å². The van der Waals surface area contributed by atoms with Crippen molar-refractivity contribution < 1.29 is 22.8 Å². The molecule has 0 unspecified atom stereocenters. The van der Waals surface area contributed by atoms with Crippen molar-refractivity contribution in [3.05, 3.63) is 47.0 Å². The van der Waals surface area contributed by atoms with E-state index in [4.69, 9.17) is 0 Å². The van der Waals surface area contributed by atoms with Gasteiger partial charge in [-0.15, -0.1) is 0 Å². The molecule has 0 atom stereocenters. The number of nitrogens with zero attached hydrogens (tertiary/aromatic N) is 1. The minimum atomic E-state index is -4.43. The topological polar surface area (TPSA) is 49.4 Å². The van der Waals surface area contributed by atoms with E-state index >= 15 is 0 Å². The van der Waals surface area contributed by atoms with E-state index in [0.29, 0.717) is 13.1 Å². The Morgan fingerprint density at radius 1 is 1.11 bits per heavy atom. The summed E-state index contributed by atoms with van der Waals surface area (Å²) in [5.74, 6) is -0.516. The summed E-state index contributed by atoms with van der Waals surface area (Å²) in [6.07, 6.45) is 3.24. The first-order valence-electron chi connectivity index (χ1n) is 9.16. The van der Waals surface area contributed by atoms with Gasteiger partial charge in [-0.1, -0.05) is 11.6 Å². The smallest absolute Gasteiger partial charge is 0.350 e. The fourth-order valence-electron chi connectivity index (χ4n) is 3.05. The molecule has 0 saturated carbocycles. The summed E-state index contributed by atoms with van der Waals surface area (Å²) in [4.78, 5) is 25.5. The van der Waals surface area contributed by atoms with Crippen molar-refractivity contribution in [3.63, 3.8) is 0 Å². The first kappa shape index (κ1) is 21.0. The van der Waals surface area contributed by atoms with Crippen LogP contribution >= 0.6 is 0 Å². The van der Waals surface area contributed by atoms with Crippen LogP contribution in [0, 0.1) is 0 Å². The van der Waals surface area contributed by atoms with E-state index in [1.165, 1.54) is 25.3 Å². The first-order chi connectivity index (χ1) is 12.8. The zero-order valence-corrected chi connectivity index (χ0v) is 15.4. The summed E-state index contributed by atoms with van der Waals surface area (Å²) in [5.41, 5.74) is 0.741. The molecule has 1 aliphatic carbocycles. The molecule has 0 saturated heterocycles. The third-order valence-electron chi connectivity index (χ3n) is 4.67. The predicted molar refractivity (Wildman–Crippen MR) is 97.2 cm³/mol. The summed E-state index contributed by atoms with van der Waals surface area (Å²) in [7, 11) is 0. The van der Waals surface area contributed by atoms with Crippen molar-refractivity contribution in [2.45, 2.75) is 45.2 Å². The number of hydrogen-bond acceptors (Lipinski definition) is 2. The van der Waals surface area contributed by atoms with E-state index in [0.717, 1.165) is 43.5 Å². The molecule has 1 aromatic rings. The van der Waals surface area contributed by atoms with E-state index in [9.17, 15) is 22.8 Å². The lowest BCUT2D eigenvalue weighted by Gasteiger charge is -2.23. The van der Waals surface area contributed by atoms with E-state index in [1.54, 1.807) is 4.90 Å². The average molecular weight is 382 g/mol. The average Bonchev–Trinajstić information content (AvgIpc) is 2.64. The molecule has 0 bridgehead atoms. The minimum absolute atomic E-state index is 0.0600. The van der Waals surface area contributed by atoms with Gasteiger partial charge in [-0.2, -0.15) is 13.2 Å². The number of carbonyl (C=O) groups is 2. The molecule has 2 rings (SSSR count). The van der Waals surface area contributed by atoms with Gasteiger partial charge in [0.2, 0.25) is 5.91 Å². The molecular weight excluding hydrogens is 357 g/mol. The number of allylic oxidation sites excluding steroid dienone is 1. The molecule has 1 aromatic carbocycles. The predicted octanol–water partition coefficient (Wildman–Crippen LogP) is 4.17. The Morgan fingerprint density at radius 3 is 2.37 bits per heavy atom. The Hall–Kier alpha value is -2.31. The highest BCUT2D eigenvalue weighted by Crippen LogP contribution is 2.29. The lowest BCUT2D eigenvalue weighted by atomic mass is 9.97. The summed E-state index contributed by atoms with van der Waals surface area (Å²) in [6.45, 7) is 2.72. The van der Waals surface area contributed by atoms with Crippen LogP contribution in [0.4, 0.5) is 13.2 Å². The number of carbonyl (C=O) groups excluding carboxylic acids is 2. The Kier molecular flexibility index (Phi) is 7.45. The minimum Gasteiger partial charge on any atom is -0.350 e. The van der Waals surface area contributed by atoms with E-state index in [1.807, 2.05) is 0 Å². The number of alkyl halides is 3. The van der Waals surface area contributed by atoms with Crippen LogP contribution in [0.1, 0.15) is 54.9 Å². The summed E-state index contributed by atoms with van der Waals surface area (Å²) in [6, 6.07) is 4.07. The molecule has 0 heterocycles. The highest BCUT2D eigenvalue weighted by Gasteiger charge is 2.30. The molecule has 1 aliphatic rings. The van der Waals surface area contributed by atoms with Crippen molar-refractivity contribution in [2.75, 3.05) is 19.6 Å². The second-order valence-corrected chi connectivity index (χ2v) is 6.70. The highest BCUT2D eigenvalue weighted by molar-refractivity contribution is 5.94. The van der Waals surface area contributed by atoms with E-state index < -0.39 is 17.6 Å². The van der Waals surface area contributed by atoms with Gasteiger partial charge in [0.1, 0.15) is 0 Å². The van der Waals surface area contributed by atoms with Crippen LogP contribution in [-0.4, -0.2) is 36.3 Å². The molecule has 2 amide bonds. The second kappa shape index (κ2) is 9.58. The molecule has 0 spiro atoms. The van der Waals surface area contributed by atoms with Crippen LogP contribution in [0.2, 0.25) is 0 Å². The Balaban J connectivity index is 1.80. The van der Waals surface area contributed by atoms with Crippen LogP contribution in [0.25, 0.3) is 0 Å². The molecule has 0 radical (unpaired) electrons. The number of rotatable bonds is 7. The monoisotopic (exact) mass is 382 g/mol. The fraction of sp³-hybridized carbons (Fsp3) is 0.500. The fourth-order valence-corrected chi connectivity index (χ4v) is 3.05. The van der Waals surface area contributed by atoms with Gasteiger partial charge >= 0.3 is 6.18 Å². The van der Waals surface area contributed by atoms with Gasteiger partial charge in [0.25, 0.3) is 5.91 Å². The number of benzene rings is 1.